The highest BCUT2D eigenvalue weighted by Gasteiger charge is 2.05. The quantitative estimate of drug-likeness (QED) is 0.751. The van der Waals surface area contributed by atoms with Crippen LogP contribution in [0.3, 0.4) is 0 Å². The minimum atomic E-state index is -0.158. The number of aliphatic hydroxyl groups excluding tert-OH is 1. The average Bonchev–Trinajstić information content (AvgIpc) is 2.19. The van der Waals surface area contributed by atoms with Crippen molar-refractivity contribution in [2.24, 2.45) is 0 Å². The topological polar surface area (TPSA) is 32.3 Å². The van der Waals surface area contributed by atoms with Gasteiger partial charge in [0, 0.05) is 0 Å². The van der Waals surface area contributed by atoms with Crippen molar-refractivity contribution >= 4 is 17.3 Å². The van der Waals surface area contributed by atoms with Gasteiger partial charge in [0.25, 0.3) is 0 Å². The first-order chi connectivity index (χ1) is 6.67. The van der Waals surface area contributed by atoms with Crippen LogP contribution in [0.4, 0.5) is 5.69 Å². The number of aliphatic hydroxyl groups is 1. The normalized spacial score (nSPS) is 12.2. The monoisotopic (exact) mass is 211 g/mol. The molecule has 0 heterocycles. The van der Waals surface area contributed by atoms with E-state index in [0.717, 1.165) is 11.3 Å². The molecule has 2 N–H and O–H groups in total. The summed E-state index contributed by atoms with van der Waals surface area (Å²) in [6.45, 7) is 5.61. The zero-order chi connectivity index (χ0) is 10.6. The molecule has 0 aliphatic heterocycles. The number of benzene rings is 1. The van der Waals surface area contributed by atoms with Crippen LogP contribution < -0.4 is 5.32 Å². The van der Waals surface area contributed by atoms with Gasteiger partial charge in [-0.25, -0.2) is 0 Å². The summed E-state index contributed by atoms with van der Waals surface area (Å²) in [5.74, 6) is 0. The van der Waals surface area contributed by atoms with E-state index in [-0.39, 0.29) is 12.6 Å². The summed E-state index contributed by atoms with van der Waals surface area (Å²) in [5, 5.41) is 12.7. The molecule has 1 unspecified atom stereocenters. The molecule has 1 atom stereocenters. The fourth-order valence-electron chi connectivity index (χ4n) is 1.13. The van der Waals surface area contributed by atoms with Crippen molar-refractivity contribution in [3.63, 3.8) is 0 Å². The lowest BCUT2D eigenvalue weighted by molar-refractivity contribution is 0.291. The second-order valence-electron chi connectivity index (χ2n) is 3.15. The average molecular weight is 212 g/mol. The molecule has 0 aliphatic carbocycles. The Kier molecular flexibility index (Phi) is 3.98. The molecule has 0 aromatic heterocycles. The van der Waals surface area contributed by atoms with Crippen LogP contribution in [0.5, 0.6) is 0 Å². The molecule has 0 amide bonds. The number of anilines is 1. The summed E-state index contributed by atoms with van der Waals surface area (Å²) >= 11 is 5.98. The van der Waals surface area contributed by atoms with Crippen LogP contribution in [0.25, 0.3) is 0 Å². The maximum absolute atomic E-state index is 8.97. The molecule has 0 spiro atoms. The van der Waals surface area contributed by atoms with Crippen LogP contribution in [0.2, 0.25) is 5.02 Å². The number of hydrogen-bond donors (Lipinski definition) is 2. The first-order valence-electron chi connectivity index (χ1n) is 4.43. The molecular formula is C11H14ClNO. The van der Waals surface area contributed by atoms with Crippen LogP contribution in [-0.2, 0) is 0 Å². The molecule has 0 saturated heterocycles. The van der Waals surface area contributed by atoms with Gasteiger partial charge >= 0.3 is 0 Å². The van der Waals surface area contributed by atoms with Crippen LogP contribution >= 0.6 is 11.6 Å². The van der Waals surface area contributed by atoms with E-state index in [1.165, 1.54) is 0 Å². The highest BCUT2D eigenvalue weighted by atomic mass is 35.5. The standard InChI is InChI=1S/C11H14ClNO/c1-3-9(7-14)13-11-6-8(2)4-5-10(11)12/h3-6,9,13-14H,1,7H2,2H3. The van der Waals surface area contributed by atoms with Gasteiger partial charge in [-0.3, -0.25) is 0 Å². The Labute approximate surface area is 89.2 Å². The van der Waals surface area contributed by atoms with Crippen molar-refractivity contribution in [3.8, 4) is 0 Å². The molecule has 0 saturated carbocycles. The summed E-state index contributed by atoms with van der Waals surface area (Å²) < 4.78 is 0. The van der Waals surface area contributed by atoms with Gasteiger partial charge in [-0.1, -0.05) is 23.7 Å². The molecule has 1 rings (SSSR count). The molecule has 1 aromatic carbocycles. The van der Waals surface area contributed by atoms with Gasteiger partial charge in [0.2, 0.25) is 0 Å². The Morgan fingerprint density at radius 2 is 2.36 bits per heavy atom. The molecule has 1 aromatic rings. The SMILES string of the molecule is C=CC(CO)Nc1cc(C)ccc1Cl. The van der Waals surface area contributed by atoms with Crippen molar-refractivity contribution in [3.05, 3.63) is 41.4 Å². The van der Waals surface area contributed by atoms with Crippen LogP contribution in [0.1, 0.15) is 5.56 Å². The number of halogens is 1. The Bertz CT molecular complexity index is 325. The highest BCUT2D eigenvalue weighted by Crippen LogP contribution is 2.23. The second-order valence-corrected chi connectivity index (χ2v) is 3.56. The lowest BCUT2D eigenvalue weighted by atomic mass is 10.2. The number of rotatable bonds is 4. The number of nitrogens with one attached hydrogen (secondary N) is 1. The van der Waals surface area contributed by atoms with Crippen molar-refractivity contribution in [2.45, 2.75) is 13.0 Å². The molecule has 14 heavy (non-hydrogen) atoms. The zero-order valence-electron chi connectivity index (χ0n) is 8.13. The Morgan fingerprint density at radius 1 is 1.64 bits per heavy atom. The molecule has 3 heteroatoms. The van der Waals surface area contributed by atoms with E-state index in [4.69, 9.17) is 16.7 Å². The van der Waals surface area contributed by atoms with E-state index in [2.05, 4.69) is 11.9 Å². The largest absolute Gasteiger partial charge is 0.394 e. The predicted octanol–water partition coefficient (Wildman–Crippen LogP) is 2.61. The highest BCUT2D eigenvalue weighted by molar-refractivity contribution is 6.33. The lowest BCUT2D eigenvalue weighted by Gasteiger charge is -2.14. The van der Waals surface area contributed by atoms with E-state index in [9.17, 15) is 0 Å². The molecule has 0 radical (unpaired) electrons. The molecular weight excluding hydrogens is 198 g/mol. The van der Waals surface area contributed by atoms with Crippen LogP contribution in [-0.4, -0.2) is 17.8 Å². The third-order valence-electron chi connectivity index (χ3n) is 1.94. The fourth-order valence-corrected chi connectivity index (χ4v) is 1.30. The van der Waals surface area contributed by atoms with Gasteiger partial charge in [0.05, 0.1) is 23.4 Å². The van der Waals surface area contributed by atoms with Gasteiger partial charge in [-0.2, -0.15) is 0 Å². The van der Waals surface area contributed by atoms with Gasteiger partial charge in [-0.15, -0.1) is 6.58 Å². The lowest BCUT2D eigenvalue weighted by Crippen LogP contribution is -2.20. The summed E-state index contributed by atoms with van der Waals surface area (Å²) in [7, 11) is 0. The maximum atomic E-state index is 8.97. The summed E-state index contributed by atoms with van der Waals surface area (Å²) in [4.78, 5) is 0. The number of hydrogen-bond acceptors (Lipinski definition) is 2. The van der Waals surface area contributed by atoms with E-state index in [1.54, 1.807) is 6.08 Å². The van der Waals surface area contributed by atoms with Crippen molar-refractivity contribution in [2.75, 3.05) is 11.9 Å². The Hall–Kier alpha value is -0.990. The van der Waals surface area contributed by atoms with Crippen molar-refractivity contribution in [1.29, 1.82) is 0 Å². The van der Waals surface area contributed by atoms with Gasteiger partial charge in [-0.05, 0) is 24.6 Å². The molecule has 0 bridgehead atoms. The third kappa shape index (κ3) is 2.76. The summed E-state index contributed by atoms with van der Waals surface area (Å²) in [6, 6.07) is 5.55. The summed E-state index contributed by atoms with van der Waals surface area (Å²) in [5.41, 5.74) is 1.95. The molecule has 2 nitrogen and oxygen atoms in total. The van der Waals surface area contributed by atoms with Gasteiger partial charge < -0.3 is 10.4 Å². The minimum absolute atomic E-state index is 0.00771. The molecule has 0 fully saturated rings. The fraction of sp³-hybridized carbons (Fsp3) is 0.273. The van der Waals surface area contributed by atoms with Crippen LogP contribution in [0, 0.1) is 6.92 Å². The summed E-state index contributed by atoms with van der Waals surface area (Å²) in [6.07, 6.45) is 1.65. The van der Waals surface area contributed by atoms with Gasteiger partial charge in [0.1, 0.15) is 0 Å². The van der Waals surface area contributed by atoms with E-state index in [1.807, 2.05) is 25.1 Å². The van der Waals surface area contributed by atoms with Gasteiger partial charge in [0.15, 0.2) is 0 Å². The van der Waals surface area contributed by atoms with E-state index < -0.39 is 0 Å². The Morgan fingerprint density at radius 3 is 2.93 bits per heavy atom. The molecule has 0 aliphatic rings. The predicted molar refractivity (Wildman–Crippen MR) is 60.9 cm³/mol. The van der Waals surface area contributed by atoms with E-state index >= 15 is 0 Å². The zero-order valence-corrected chi connectivity index (χ0v) is 8.88. The first kappa shape index (κ1) is 11.1. The third-order valence-corrected chi connectivity index (χ3v) is 2.27. The maximum Gasteiger partial charge on any atom is 0.0673 e. The second kappa shape index (κ2) is 5.03. The molecule has 76 valence electrons. The van der Waals surface area contributed by atoms with E-state index in [0.29, 0.717) is 5.02 Å². The first-order valence-corrected chi connectivity index (χ1v) is 4.81. The van der Waals surface area contributed by atoms with Crippen molar-refractivity contribution < 1.29 is 5.11 Å². The minimum Gasteiger partial charge on any atom is -0.394 e. The Balaban J connectivity index is 2.84. The van der Waals surface area contributed by atoms with Crippen molar-refractivity contribution in [1.82, 2.24) is 0 Å². The van der Waals surface area contributed by atoms with Crippen LogP contribution in [0.15, 0.2) is 30.9 Å². The smallest absolute Gasteiger partial charge is 0.0673 e. The number of aryl methyl sites for hydroxylation is 1.